The summed E-state index contributed by atoms with van der Waals surface area (Å²) in [4.78, 5) is 4.96. The van der Waals surface area contributed by atoms with Gasteiger partial charge in [-0.1, -0.05) is 59.8 Å². The van der Waals surface area contributed by atoms with Crippen molar-refractivity contribution >= 4 is 5.71 Å². The SMILES string of the molecule is O/N=C1/Cc2ccccc2[C@@H]1N1CCN(Cc2ccccc2)CC1. The molecular weight excluding hydrogens is 298 g/mol. The van der Waals surface area contributed by atoms with Gasteiger partial charge in [0.1, 0.15) is 0 Å². The van der Waals surface area contributed by atoms with Gasteiger partial charge < -0.3 is 5.21 Å². The van der Waals surface area contributed by atoms with E-state index in [2.05, 4.69) is 69.6 Å². The van der Waals surface area contributed by atoms with Crippen LogP contribution < -0.4 is 0 Å². The van der Waals surface area contributed by atoms with Gasteiger partial charge in [-0.15, -0.1) is 0 Å². The number of nitrogens with zero attached hydrogens (tertiary/aromatic N) is 3. The minimum atomic E-state index is 0.144. The van der Waals surface area contributed by atoms with Crippen LogP contribution in [0, 0.1) is 0 Å². The van der Waals surface area contributed by atoms with Crippen LogP contribution in [0.15, 0.2) is 59.8 Å². The Hall–Kier alpha value is -2.17. The van der Waals surface area contributed by atoms with E-state index in [4.69, 9.17) is 0 Å². The highest BCUT2D eigenvalue weighted by Gasteiger charge is 2.35. The topological polar surface area (TPSA) is 39.1 Å². The lowest BCUT2D eigenvalue weighted by Gasteiger charge is -2.38. The fourth-order valence-electron chi connectivity index (χ4n) is 3.95. The maximum Gasteiger partial charge on any atom is 0.0831 e. The molecule has 124 valence electrons. The molecule has 4 nitrogen and oxygen atoms in total. The molecule has 0 spiro atoms. The molecule has 1 aliphatic heterocycles. The van der Waals surface area contributed by atoms with Crippen LogP contribution in [0.4, 0.5) is 0 Å². The molecule has 0 amide bonds. The Morgan fingerprint density at radius 1 is 0.917 bits per heavy atom. The first kappa shape index (κ1) is 15.4. The van der Waals surface area contributed by atoms with Crippen molar-refractivity contribution in [2.24, 2.45) is 5.16 Å². The average molecular weight is 321 g/mol. The maximum atomic E-state index is 9.44. The van der Waals surface area contributed by atoms with Crippen LogP contribution in [-0.2, 0) is 13.0 Å². The normalized spacial score (nSPS) is 23.5. The number of rotatable bonds is 3. The highest BCUT2D eigenvalue weighted by atomic mass is 16.4. The zero-order valence-electron chi connectivity index (χ0n) is 13.8. The van der Waals surface area contributed by atoms with Crippen LogP contribution >= 0.6 is 0 Å². The van der Waals surface area contributed by atoms with Gasteiger partial charge in [0.05, 0.1) is 11.8 Å². The number of hydrogen-bond acceptors (Lipinski definition) is 4. The van der Waals surface area contributed by atoms with Gasteiger partial charge in [0, 0.05) is 39.1 Å². The molecule has 0 aromatic heterocycles. The van der Waals surface area contributed by atoms with Gasteiger partial charge in [0.25, 0.3) is 0 Å². The molecule has 2 aliphatic rings. The molecule has 1 aliphatic carbocycles. The van der Waals surface area contributed by atoms with Crippen molar-refractivity contribution in [1.82, 2.24) is 9.80 Å². The smallest absolute Gasteiger partial charge is 0.0831 e. The Kier molecular flexibility index (Phi) is 4.32. The predicted octanol–water partition coefficient (Wildman–Crippen LogP) is 2.93. The largest absolute Gasteiger partial charge is 0.411 e. The van der Waals surface area contributed by atoms with Crippen molar-refractivity contribution in [2.75, 3.05) is 26.2 Å². The molecule has 1 heterocycles. The molecule has 1 fully saturated rings. The minimum absolute atomic E-state index is 0.144. The Bertz CT molecular complexity index is 721. The van der Waals surface area contributed by atoms with Crippen molar-refractivity contribution in [1.29, 1.82) is 0 Å². The van der Waals surface area contributed by atoms with Gasteiger partial charge in [0.15, 0.2) is 0 Å². The lowest BCUT2D eigenvalue weighted by atomic mass is 10.1. The first-order valence-electron chi connectivity index (χ1n) is 8.64. The lowest BCUT2D eigenvalue weighted by molar-refractivity contribution is 0.112. The number of fused-ring (bicyclic) bond motifs is 1. The highest BCUT2D eigenvalue weighted by molar-refractivity contribution is 5.96. The fraction of sp³-hybridized carbons (Fsp3) is 0.350. The lowest BCUT2D eigenvalue weighted by Crippen LogP contribution is -2.48. The summed E-state index contributed by atoms with van der Waals surface area (Å²) in [6.45, 7) is 5.12. The van der Waals surface area contributed by atoms with Crippen molar-refractivity contribution < 1.29 is 5.21 Å². The van der Waals surface area contributed by atoms with Crippen LogP contribution in [0.2, 0.25) is 0 Å². The molecule has 0 radical (unpaired) electrons. The van der Waals surface area contributed by atoms with Crippen LogP contribution in [0.5, 0.6) is 0 Å². The number of piperazine rings is 1. The third kappa shape index (κ3) is 2.95. The fourth-order valence-corrected chi connectivity index (χ4v) is 3.95. The van der Waals surface area contributed by atoms with Crippen molar-refractivity contribution in [2.45, 2.75) is 19.0 Å². The molecule has 0 bridgehead atoms. The third-order valence-electron chi connectivity index (χ3n) is 5.19. The van der Waals surface area contributed by atoms with Gasteiger partial charge >= 0.3 is 0 Å². The summed E-state index contributed by atoms with van der Waals surface area (Å²) in [7, 11) is 0. The third-order valence-corrected chi connectivity index (χ3v) is 5.19. The van der Waals surface area contributed by atoms with Crippen molar-refractivity contribution in [3.63, 3.8) is 0 Å². The van der Waals surface area contributed by atoms with E-state index in [1.807, 2.05) is 0 Å². The summed E-state index contributed by atoms with van der Waals surface area (Å²) in [6, 6.07) is 19.3. The second kappa shape index (κ2) is 6.75. The predicted molar refractivity (Wildman–Crippen MR) is 95.4 cm³/mol. The molecule has 4 heteroatoms. The molecule has 2 aromatic rings. The molecule has 1 atom stereocenters. The minimum Gasteiger partial charge on any atom is -0.411 e. The first-order chi connectivity index (χ1) is 11.8. The summed E-state index contributed by atoms with van der Waals surface area (Å²) < 4.78 is 0. The zero-order valence-corrected chi connectivity index (χ0v) is 13.8. The van der Waals surface area contributed by atoms with E-state index in [9.17, 15) is 5.21 Å². The van der Waals surface area contributed by atoms with Crippen molar-refractivity contribution in [3.8, 4) is 0 Å². The zero-order chi connectivity index (χ0) is 16.4. The second-order valence-electron chi connectivity index (χ2n) is 6.67. The molecule has 24 heavy (non-hydrogen) atoms. The van der Waals surface area contributed by atoms with E-state index < -0.39 is 0 Å². The second-order valence-corrected chi connectivity index (χ2v) is 6.67. The van der Waals surface area contributed by atoms with Crippen LogP contribution in [-0.4, -0.2) is 46.9 Å². The molecule has 2 aromatic carbocycles. The Balaban J connectivity index is 1.44. The molecular formula is C20H23N3O. The summed E-state index contributed by atoms with van der Waals surface area (Å²) in [5, 5.41) is 13.0. The number of hydrogen-bond donors (Lipinski definition) is 1. The summed E-state index contributed by atoms with van der Waals surface area (Å²) >= 11 is 0. The van der Waals surface area contributed by atoms with Gasteiger partial charge in [-0.05, 0) is 16.7 Å². The quantitative estimate of drug-likeness (QED) is 0.698. The van der Waals surface area contributed by atoms with Crippen molar-refractivity contribution in [3.05, 3.63) is 71.3 Å². The molecule has 0 unspecified atom stereocenters. The van der Waals surface area contributed by atoms with Gasteiger partial charge in [-0.3, -0.25) is 9.80 Å². The Morgan fingerprint density at radius 2 is 1.62 bits per heavy atom. The standard InChI is InChI=1S/C20H23N3O/c24-21-19-14-17-8-4-5-9-18(17)20(19)23-12-10-22(11-13-23)15-16-6-2-1-3-7-16/h1-9,20,24H,10-15H2/b21-19-/t20-/m0/s1. The molecule has 4 rings (SSSR count). The Morgan fingerprint density at radius 3 is 2.38 bits per heavy atom. The van der Waals surface area contributed by atoms with Gasteiger partial charge in [-0.2, -0.15) is 0 Å². The first-order valence-corrected chi connectivity index (χ1v) is 8.64. The van der Waals surface area contributed by atoms with E-state index in [0.717, 1.165) is 44.9 Å². The summed E-state index contributed by atoms with van der Waals surface area (Å²) in [5.41, 5.74) is 4.85. The van der Waals surface area contributed by atoms with Crippen LogP contribution in [0.1, 0.15) is 22.7 Å². The average Bonchev–Trinajstić information content (AvgIpc) is 3.02. The Labute approximate surface area is 143 Å². The molecule has 0 saturated carbocycles. The highest BCUT2D eigenvalue weighted by Crippen LogP contribution is 2.34. The number of benzene rings is 2. The van der Waals surface area contributed by atoms with Gasteiger partial charge in [-0.25, -0.2) is 0 Å². The molecule has 1 N–H and O–H groups in total. The maximum absolute atomic E-state index is 9.44. The van der Waals surface area contributed by atoms with Crippen LogP contribution in [0.25, 0.3) is 0 Å². The van der Waals surface area contributed by atoms with E-state index in [1.54, 1.807) is 0 Å². The van der Waals surface area contributed by atoms with Gasteiger partial charge in [0.2, 0.25) is 0 Å². The van der Waals surface area contributed by atoms with E-state index >= 15 is 0 Å². The van der Waals surface area contributed by atoms with E-state index in [1.165, 1.54) is 16.7 Å². The van der Waals surface area contributed by atoms with Crippen LogP contribution in [0.3, 0.4) is 0 Å². The monoisotopic (exact) mass is 321 g/mol. The summed E-state index contributed by atoms with van der Waals surface area (Å²) in [5.74, 6) is 0. The summed E-state index contributed by atoms with van der Waals surface area (Å²) in [6.07, 6.45) is 0.765. The number of oxime groups is 1. The molecule has 1 saturated heterocycles. The van der Waals surface area contributed by atoms with E-state index in [-0.39, 0.29) is 6.04 Å². The van der Waals surface area contributed by atoms with E-state index in [0.29, 0.717) is 0 Å².